The summed E-state index contributed by atoms with van der Waals surface area (Å²) in [5.41, 5.74) is 2.34. The highest BCUT2D eigenvalue weighted by Crippen LogP contribution is 2.37. The third kappa shape index (κ3) is 5.65. The Bertz CT molecular complexity index is 1440. The van der Waals surface area contributed by atoms with Crippen molar-refractivity contribution in [2.75, 3.05) is 49.6 Å². The van der Waals surface area contributed by atoms with Gasteiger partial charge in [-0.05, 0) is 48.7 Å². The second kappa shape index (κ2) is 11.4. The van der Waals surface area contributed by atoms with E-state index in [-0.39, 0.29) is 37.7 Å². The third-order valence-corrected chi connectivity index (χ3v) is 7.62. The van der Waals surface area contributed by atoms with Gasteiger partial charge in [-0.1, -0.05) is 18.2 Å². The molecule has 2 saturated heterocycles. The lowest BCUT2D eigenvalue weighted by molar-refractivity contribution is 0.0421. The van der Waals surface area contributed by atoms with Crippen molar-refractivity contribution < 1.29 is 18.7 Å². The minimum absolute atomic E-state index is 0.166. The zero-order valence-corrected chi connectivity index (χ0v) is 22.6. The maximum Gasteiger partial charge on any atom is 0.258 e. The van der Waals surface area contributed by atoms with Crippen molar-refractivity contribution in [2.24, 2.45) is 0 Å². The van der Waals surface area contributed by atoms with Gasteiger partial charge in [-0.3, -0.25) is 9.59 Å². The fourth-order valence-corrected chi connectivity index (χ4v) is 5.14. The number of likely N-dealkylation sites (tertiary alicyclic amines) is 1. The predicted molar refractivity (Wildman–Crippen MR) is 148 cm³/mol. The first-order valence-electron chi connectivity index (χ1n) is 13.3. The van der Waals surface area contributed by atoms with E-state index in [1.807, 2.05) is 30.9 Å². The number of carbonyl (C=O) groups excluding carboxylic acids is 2. The fraction of sp³-hybridized carbons (Fsp3) is 0.367. The summed E-state index contributed by atoms with van der Waals surface area (Å²) in [6.45, 7) is 6.86. The standard InChI is InChI=1S/C30H31FN6O3/c1-20-15-21(2)26(35-27(38)23-18-33-29(34-19-23)37-11-13-40-14-12-37)16-25(20)28(39)36-9-7-30(31,8-10-36)24-5-3-22(17-32)4-6-24/h3-6,15-16,18-19H,7-14H2,1-2H3,(H,35,38). The van der Waals surface area contributed by atoms with Gasteiger partial charge in [0.2, 0.25) is 5.95 Å². The number of aryl methyl sites for hydroxylation is 2. The maximum atomic E-state index is 15.7. The summed E-state index contributed by atoms with van der Waals surface area (Å²) in [7, 11) is 0. The molecule has 0 bridgehead atoms. The van der Waals surface area contributed by atoms with Crippen LogP contribution >= 0.6 is 0 Å². The summed E-state index contributed by atoms with van der Waals surface area (Å²) in [6, 6.07) is 12.1. The minimum Gasteiger partial charge on any atom is -0.378 e. The van der Waals surface area contributed by atoms with E-state index >= 15 is 4.39 Å². The highest BCUT2D eigenvalue weighted by atomic mass is 19.1. The molecule has 1 aromatic heterocycles. The van der Waals surface area contributed by atoms with Gasteiger partial charge in [0.15, 0.2) is 0 Å². The van der Waals surface area contributed by atoms with Gasteiger partial charge in [-0.2, -0.15) is 5.26 Å². The number of nitriles is 1. The van der Waals surface area contributed by atoms with Crippen LogP contribution in [0.5, 0.6) is 0 Å². The molecule has 2 aromatic carbocycles. The molecule has 0 atom stereocenters. The van der Waals surface area contributed by atoms with Gasteiger partial charge >= 0.3 is 0 Å². The van der Waals surface area contributed by atoms with Crippen molar-refractivity contribution in [1.29, 1.82) is 5.26 Å². The third-order valence-electron chi connectivity index (χ3n) is 7.62. The number of anilines is 2. The Kier molecular flexibility index (Phi) is 7.76. The molecule has 0 spiro atoms. The van der Waals surface area contributed by atoms with Gasteiger partial charge in [0.25, 0.3) is 11.8 Å². The summed E-state index contributed by atoms with van der Waals surface area (Å²) in [6.07, 6.45) is 3.32. The van der Waals surface area contributed by atoms with Crippen LogP contribution < -0.4 is 10.2 Å². The summed E-state index contributed by atoms with van der Waals surface area (Å²) in [5.74, 6) is -0.0215. The average Bonchev–Trinajstić information content (AvgIpc) is 2.99. The Morgan fingerprint density at radius 2 is 1.65 bits per heavy atom. The Morgan fingerprint density at radius 3 is 2.27 bits per heavy atom. The summed E-state index contributed by atoms with van der Waals surface area (Å²) in [5, 5.41) is 11.9. The zero-order chi connectivity index (χ0) is 28.3. The summed E-state index contributed by atoms with van der Waals surface area (Å²) >= 11 is 0. The van der Waals surface area contributed by atoms with Gasteiger partial charge in [-0.15, -0.1) is 0 Å². The van der Waals surface area contributed by atoms with Crippen molar-refractivity contribution >= 4 is 23.5 Å². The minimum atomic E-state index is -1.55. The van der Waals surface area contributed by atoms with Gasteiger partial charge in [0, 0.05) is 62.7 Å². The normalized spacial score (nSPS) is 16.8. The largest absolute Gasteiger partial charge is 0.378 e. The molecule has 2 amide bonds. The smallest absolute Gasteiger partial charge is 0.258 e. The number of halogens is 1. The fourth-order valence-electron chi connectivity index (χ4n) is 5.14. The van der Waals surface area contributed by atoms with Crippen LogP contribution in [0.15, 0.2) is 48.8 Å². The molecule has 9 nitrogen and oxygen atoms in total. The maximum absolute atomic E-state index is 15.7. The first kappa shape index (κ1) is 27.2. The van der Waals surface area contributed by atoms with E-state index in [4.69, 9.17) is 10.00 Å². The van der Waals surface area contributed by atoms with Crippen molar-refractivity contribution in [3.63, 3.8) is 0 Å². The number of morpholine rings is 1. The van der Waals surface area contributed by atoms with Crippen LogP contribution in [0.1, 0.15) is 55.8 Å². The highest BCUT2D eigenvalue weighted by molar-refractivity contribution is 6.05. The monoisotopic (exact) mass is 542 g/mol. The molecule has 1 N–H and O–H groups in total. The van der Waals surface area contributed by atoms with Crippen LogP contribution in [0.3, 0.4) is 0 Å². The second-order valence-electron chi connectivity index (χ2n) is 10.3. The Morgan fingerprint density at radius 1 is 1.00 bits per heavy atom. The van der Waals surface area contributed by atoms with E-state index in [1.165, 1.54) is 12.4 Å². The number of piperidine rings is 1. The topological polar surface area (TPSA) is 111 Å². The molecule has 2 aliphatic heterocycles. The van der Waals surface area contributed by atoms with E-state index in [1.54, 1.807) is 35.2 Å². The number of rotatable bonds is 5. The number of hydrogen-bond donors (Lipinski definition) is 1. The molecule has 10 heteroatoms. The molecule has 206 valence electrons. The van der Waals surface area contributed by atoms with Crippen LogP contribution in [0.4, 0.5) is 16.0 Å². The molecule has 5 rings (SSSR count). The highest BCUT2D eigenvalue weighted by Gasteiger charge is 2.38. The number of nitrogens with zero attached hydrogens (tertiary/aromatic N) is 5. The van der Waals surface area contributed by atoms with Gasteiger partial charge in [-0.25, -0.2) is 14.4 Å². The number of hydrogen-bond acceptors (Lipinski definition) is 7. The molecule has 0 unspecified atom stereocenters. The van der Waals surface area contributed by atoms with Gasteiger partial charge < -0.3 is 19.9 Å². The number of benzene rings is 2. The number of nitrogens with one attached hydrogen (secondary N) is 1. The SMILES string of the molecule is Cc1cc(C)c(C(=O)N2CCC(F)(c3ccc(C#N)cc3)CC2)cc1NC(=O)c1cnc(N2CCOCC2)nc1. The molecule has 2 fully saturated rings. The van der Waals surface area contributed by atoms with E-state index < -0.39 is 5.67 Å². The lowest BCUT2D eigenvalue weighted by Crippen LogP contribution is -2.43. The van der Waals surface area contributed by atoms with Gasteiger partial charge in [0.1, 0.15) is 5.67 Å². The molecule has 0 radical (unpaired) electrons. The molecule has 0 saturated carbocycles. The molecule has 40 heavy (non-hydrogen) atoms. The number of alkyl halides is 1. The lowest BCUT2D eigenvalue weighted by atomic mass is 9.85. The van der Waals surface area contributed by atoms with E-state index in [0.717, 1.165) is 11.1 Å². The van der Waals surface area contributed by atoms with E-state index in [9.17, 15) is 9.59 Å². The molecule has 3 aromatic rings. The molecular formula is C30H31FN6O3. The van der Waals surface area contributed by atoms with Gasteiger partial charge in [0.05, 0.1) is 30.4 Å². The van der Waals surface area contributed by atoms with Crippen LogP contribution in [-0.2, 0) is 10.4 Å². The quantitative estimate of drug-likeness (QED) is 0.515. The lowest BCUT2D eigenvalue weighted by Gasteiger charge is -2.37. The van der Waals surface area contributed by atoms with Crippen molar-refractivity contribution in [1.82, 2.24) is 14.9 Å². The first-order chi connectivity index (χ1) is 19.3. The van der Waals surface area contributed by atoms with E-state index in [0.29, 0.717) is 60.2 Å². The average molecular weight is 543 g/mol. The van der Waals surface area contributed by atoms with Crippen LogP contribution in [-0.4, -0.2) is 66.1 Å². The molecule has 3 heterocycles. The van der Waals surface area contributed by atoms with Crippen LogP contribution in [0.25, 0.3) is 0 Å². The number of amides is 2. The molecule has 2 aliphatic rings. The van der Waals surface area contributed by atoms with E-state index in [2.05, 4.69) is 15.3 Å². The van der Waals surface area contributed by atoms with Crippen molar-refractivity contribution in [3.05, 3.63) is 82.2 Å². The Hall–Kier alpha value is -4.36. The summed E-state index contributed by atoms with van der Waals surface area (Å²) < 4.78 is 21.1. The second-order valence-corrected chi connectivity index (χ2v) is 10.3. The number of ether oxygens (including phenoxy) is 1. The van der Waals surface area contributed by atoms with Crippen LogP contribution in [0, 0.1) is 25.2 Å². The van der Waals surface area contributed by atoms with Crippen LogP contribution in [0.2, 0.25) is 0 Å². The first-order valence-corrected chi connectivity index (χ1v) is 13.3. The Labute approximate surface area is 232 Å². The van der Waals surface area contributed by atoms with Crippen molar-refractivity contribution in [2.45, 2.75) is 32.4 Å². The summed E-state index contributed by atoms with van der Waals surface area (Å²) in [4.78, 5) is 38.8. The van der Waals surface area contributed by atoms with Crippen molar-refractivity contribution in [3.8, 4) is 6.07 Å². The molecular weight excluding hydrogens is 511 g/mol. The zero-order valence-electron chi connectivity index (χ0n) is 22.6. The number of aromatic nitrogens is 2. The molecule has 0 aliphatic carbocycles. The predicted octanol–water partition coefficient (Wildman–Crippen LogP) is 4.16. The number of carbonyl (C=O) groups is 2. The Balaban J connectivity index is 1.26.